The van der Waals surface area contributed by atoms with Gasteiger partial charge in [0.1, 0.15) is 0 Å². The molecule has 0 saturated carbocycles. The second kappa shape index (κ2) is 13.8. The summed E-state index contributed by atoms with van der Waals surface area (Å²) in [5.41, 5.74) is 0. The van der Waals surface area contributed by atoms with Crippen LogP contribution < -0.4 is 10.4 Å². The SMILES string of the molecule is C=CCCCCCCCCCCCC[Si](Cl)(c1ccccc1)c1ccccc1. The Labute approximate surface area is 178 Å². The maximum absolute atomic E-state index is 7.36. The van der Waals surface area contributed by atoms with Gasteiger partial charge in [0.15, 0.2) is 0 Å². The molecule has 0 spiro atoms. The Morgan fingerprint density at radius 1 is 0.607 bits per heavy atom. The Hall–Kier alpha value is -1.31. The zero-order valence-electron chi connectivity index (χ0n) is 17.4. The summed E-state index contributed by atoms with van der Waals surface area (Å²) >= 11 is 7.36. The Morgan fingerprint density at radius 3 is 1.43 bits per heavy atom. The lowest BCUT2D eigenvalue weighted by Crippen LogP contribution is -2.53. The van der Waals surface area contributed by atoms with E-state index in [0.717, 1.165) is 6.04 Å². The number of benzene rings is 2. The molecule has 0 atom stereocenters. The first-order valence-corrected chi connectivity index (χ1v) is 14.4. The van der Waals surface area contributed by atoms with Crippen molar-refractivity contribution in [3.63, 3.8) is 0 Å². The molecule has 2 rings (SSSR count). The van der Waals surface area contributed by atoms with E-state index in [4.69, 9.17) is 11.1 Å². The smallest absolute Gasteiger partial charge is 0.155 e. The first kappa shape index (κ1) is 23.0. The van der Waals surface area contributed by atoms with Crippen molar-refractivity contribution in [3.8, 4) is 0 Å². The van der Waals surface area contributed by atoms with Gasteiger partial charge in [-0.2, -0.15) is 11.1 Å². The highest BCUT2D eigenvalue weighted by molar-refractivity contribution is 7.34. The Balaban J connectivity index is 1.68. The van der Waals surface area contributed by atoms with Crippen molar-refractivity contribution in [2.75, 3.05) is 0 Å². The molecule has 152 valence electrons. The van der Waals surface area contributed by atoms with Gasteiger partial charge >= 0.3 is 0 Å². The molecular weight excluding hydrogens is 376 g/mol. The molecule has 0 N–H and O–H groups in total. The summed E-state index contributed by atoms with van der Waals surface area (Å²) in [5, 5.41) is 2.69. The number of hydrogen-bond acceptors (Lipinski definition) is 0. The van der Waals surface area contributed by atoms with Gasteiger partial charge in [-0.25, -0.2) is 0 Å². The molecule has 0 unspecified atom stereocenters. The predicted molar refractivity (Wildman–Crippen MR) is 130 cm³/mol. The Bertz CT molecular complexity index is 598. The van der Waals surface area contributed by atoms with Crippen LogP contribution in [0, 0.1) is 0 Å². The van der Waals surface area contributed by atoms with Gasteiger partial charge in [-0.05, 0) is 29.3 Å². The normalized spacial score (nSPS) is 11.5. The zero-order chi connectivity index (χ0) is 19.9. The highest BCUT2D eigenvalue weighted by Gasteiger charge is 2.34. The van der Waals surface area contributed by atoms with Crippen LogP contribution in [-0.4, -0.2) is 7.38 Å². The largest absolute Gasteiger partial charge is 0.217 e. The molecule has 28 heavy (non-hydrogen) atoms. The lowest BCUT2D eigenvalue weighted by atomic mass is 10.1. The maximum Gasteiger partial charge on any atom is 0.217 e. The molecule has 2 aromatic rings. The van der Waals surface area contributed by atoms with Crippen LogP contribution in [0.4, 0.5) is 0 Å². The molecule has 0 aliphatic rings. The average molecular weight is 413 g/mol. The number of halogens is 1. The quantitative estimate of drug-likeness (QED) is 0.123. The summed E-state index contributed by atoms with van der Waals surface area (Å²) in [7, 11) is -2.13. The van der Waals surface area contributed by atoms with Crippen LogP contribution in [0.3, 0.4) is 0 Å². The molecule has 0 radical (unpaired) electrons. The third-order valence-corrected chi connectivity index (χ3v) is 11.1. The number of allylic oxidation sites excluding steroid dienone is 1. The third-order valence-electron chi connectivity index (χ3n) is 5.64. The van der Waals surface area contributed by atoms with E-state index in [0.29, 0.717) is 0 Å². The van der Waals surface area contributed by atoms with Crippen LogP contribution >= 0.6 is 11.1 Å². The molecule has 0 saturated heterocycles. The van der Waals surface area contributed by atoms with E-state index >= 15 is 0 Å². The van der Waals surface area contributed by atoms with Crippen LogP contribution in [-0.2, 0) is 0 Å². The first-order chi connectivity index (χ1) is 13.8. The summed E-state index contributed by atoms with van der Waals surface area (Å²) in [5.74, 6) is 0. The van der Waals surface area contributed by atoms with Gasteiger partial charge < -0.3 is 0 Å². The maximum atomic E-state index is 7.36. The van der Waals surface area contributed by atoms with Crippen LogP contribution in [0.25, 0.3) is 0 Å². The fraction of sp³-hybridized carbons (Fsp3) is 0.462. The summed E-state index contributed by atoms with van der Waals surface area (Å²) in [4.78, 5) is 0. The van der Waals surface area contributed by atoms with Gasteiger partial charge in [-0.3, -0.25) is 0 Å². The Kier molecular flexibility index (Phi) is 11.3. The van der Waals surface area contributed by atoms with Crippen molar-refractivity contribution in [2.24, 2.45) is 0 Å². The van der Waals surface area contributed by atoms with Gasteiger partial charge in [0.05, 0.1) is 0 Å². The minimum absolute atomic E-state index is 1.13. The van der Waals surface area contributed by atoms with E-state index in [-0.39, 0.29) is 0 Å². The lowest BCUT2D eigenvalue weighted by Gasteiger charge is -2.25. The molecule has 0 aliphatic carbocycles. The van der Waals surface area contributed by atoms with Crippen LogP contribution in [0.15, 0.2) is 73.3 Å². The monoisotopic (exact) mass is 412 g/mol. The minimum Gasteiger partial charge on any atom is -0.155 e. The summed E-state index contributed by atoms with van der Waals surface area (Å²) < 4.78 is 0. The topological polar surface area (TPSA) is 0 Å². The minimum atomic E-state index is -2.13. The van der Waals surface area contributed by atoms with E-state index in [2.05, 4.69) is 67.2 Å². The average Bonchev–Trinajstić information content (AvgIpc) is 2.75. The van der Waals surface area contributed by atoms with Gasteiger partial charge in [0, 0.05) is 0 Å². The zero-order valence-corrected chi connectivity index (χ0v) is 19.2. The summed E-state index contributed by atoms with van der Waals surface area (Å²) in [6.07, 6.45) is 16.7. The Morgan fingerprint density at radius 2 is 1.00 bits per heavy atom. The van der Waals surface area contributed by atoms with E-state index in [1.807, 2.05) is 6.08 Å². The molecule has 0 aromatic heterocycles. The second-order valence-electron chi connectivity index (χ2n) is 7.90. The first-order valence-electron chi connectivity index (χ1n) is 11.2. The van der Waals surface area contributed by atoms with Crippen LogP contribution in [0.5, 0.6) is 0 Å². The van der Waals surface area contributed by atoms with Crippen molar-refractivity contribution in [2.45, 2.75) is 76.7 Å². The van der Waals surface area contributed by atoms with Crippen LogP contribution in [0.1, 0.15) is 70.6 Å². The van der Waals surface area contributed by atoms with Gasteiger partial charge in [-0.15, -0.1) is 6.58 Å². The van der Waals surface area contributed by atoms with Gasteiger partial charge in [0.25, 0.3) is 0 Å². The van der Waals surface area contributed by atoms with Crippen molar-refractivity contribution in [1.82, 2.24) is 0 Å². The molecule has 0 aliphatic heterocycles. The number of rotatable bonds is 15. The standard InChI is InChI=1S/C26H37ClSi/c1-2-3-4-5-6-7-8-9-10-11-12-19-24-28(27,25-20-15-13-16-21-25)26-22-17-14-18-23-26/h2,13-18,20-23H,1,3-12,19,24H2. The summed E-state index contributed by atoms with van der Waals surface area (Å²) in [6, 6.07) is 22.7. The third kappa shape index (κ3) is 7.97. The molecule has 0 amide bonds. The molecule has 0 heterocycles. The predicted octanol–water partition coefficient (Wildman–Crippen LogP) is 7.46. The van der Waals surface area contributed by atoms with Crippen molar-refractivity contribution in [1.29, 1.82) is 0 Å². The van der Waals surface area contributed by atoms with E-state index in [1.165, 1.54) is 81.0 Å². The number of unbranched alkanes of at least 4 members (excludes halogenated alkanes) is 10. The van der Waals surface area contributed by atoms with Gasteiger partial charge in [-0.1, -0.05) is 125 Å². The molecule has 2 heteroatoms. The highest BCUT2D eigenvalue weighted by atomic mass is 35.6. The van der Waals surface area contributed by atoms with Crippen molar-refractivity contribution >= 4 is 28.8 Å². The van der Waals surface area contributed by atoms with Gasteiger partial charge in [0.2, 0.25) is 7.38 Å². The molecular formula is C26H37ClSi. The van der Waals surface area contributed by atoms with E-state index in [9.17, 15) is 0 Å². The van der Waals surface area contributed by atoms with E-state index < -0.39 is 7.38 Å². The highest BCUT2D eigenvalue weighted by Crippen LogP contribution is 2.21. The fourth-order valence-electron chi connectivity index (χ4n) is 3.93. The summed E-state index contributed by atoms with van der Waals surface area (Å²) in [6.45, 7) is 3.79. The van der Waals surface area contributed by atoms with Crippen molar-refractivity contribution < 1.29 is 0 Å². The van der Waals surface area contributed by atoms with Crippen LogP contribution in [0.2, 0.25) is 6.04 Å². The molecule has 0 bridgehead atoms. The van der Waals surface area contributed by atoms with E-state index in [1.54, 1.807) is 0 Å². The molecule has 2 aromatic carbocycles. The molecule has 0 fully saturated rings. The fourth-order valence-corrected chi connectivity index (χ4v) is 8.18. The second-order valence-corrected chi connectivity index (χ2v) is 13.1. The molecule has 0 nitrogen and oxygen atoms in total. The lowest BCUT2D eigenvalue weighted by molar-refractivity contribution is 0.557. The van der Waals surface area contributed by atoms with Crippen molar-refractivity contribution in [3.05, 3.63) is 73.3 Å². The number of hydrogen-bond donors (Lipinski definition) is 0.